The van der Waals surface area contributed by atoms with Gasteiger partial charge in [0.05, 0.1) is 4.88 Å². The number of hydrogen-bond acceptors (Lipinski definition) is 2. The standard InChI is InChI=1S/C11H7FOS/c1-2-9(13)11-5-7-3-4-8(12)6-10(7)14-11/h2-6H,1H2. The first-order chi connectivity index (χ1) is 6.70. The molecule has 3 heteroatoms. The van der Waals surface area contributed by atoms with Gasteiger partial charge in [0.15, 0.2) is 5.78 Å². The molecule has 0 saturated heterocycles. The fourth-order valence-corrected chi connectivity index (χ4v) is 2.25. The van der Waals surface area contributed by atoms with Gasteiger partial charge in [-0.1, -0.05) is 12.6 Å². The Morgan fingerprint density at radius 2 is 2.21 bits per heavy atom. The number of thiophene rings is 1. The van der Waals surface area contributed by atoms with Crippen LogP contribution in [0, 0.1) is 5.82 Å². The summed E-state index contributed by atoms with van der Waals surface area (Å²) in [6.45, 7) is 3.41. The Morgan fingerprint density at radius 1 is 1.43 bits per heavy atom. The van der Waals surface area contributed by atoms with Crippen molar-refractivity contribution in [3.05, 3.63) is 47.6 Å². The van der Waals surface area contributed by atoms with Crippen LogP contribution in [0.5, 0.6) is 0 Å². The predicted octanol–water partition coefficient (Wildman–Crippen LogP) is 3.41. The molecular formula is C11H7FOS. The first-order valence-corrected chi connectivity index (χ1v) is 4.88. The van der Waals surface area contributed by atoms with Gasteiger partial charge < -0.3 is 0 Å². The smallest absolute Gasteiger partial charge is 0.195 e. The number of fused-ring (bicyclic) bond motifs is 1. The zero-order valence-corrected chi connectivity index (χ0v) is 8.10. The predicted molar refractivity (Wildman–Crippen MR) is 56.3 cm³/mol. The highest BCUT2D eigenvalue weighted by Gasteiger charge is 2.07. The van der Waals surface area contributed by atoms with Crippen molar-refractivity contribution < 1.29 is 9.18 Å². The highest BCUT2D eigenvalue weighted by molar-refractivity contribution is 7.20. The van der Waals surface area contributed by atoms with Gasteiger partial charge >= 0.3 is 0 Å². The van der Waals surface area contributed by atoms with Crippen LogP contribution in [-0.2, 0) is 0 Å². The fourth-order valence-electron chi connectivity index (χ4n) is 1.23. The molecule has 0 N–H and O–H groups in total. The molecule has 0 aliphatic carbocycles. The lowest BCUT2D eigenvalue weighted by Crippen LogP contribution is -1.86. The molecule has 0 radical (unpaired) electrons. The zero-order valence-electron chi connectivity index (χ0n) is 7.29. The second-order valence-corrected chi connectivity index (χ2v) is 3.94. The first-order valence-electron chi connectivity index (χ1n) is 4.06. The van der Waals surface area contributed by atoms with Crippen LogP contribution < -0.4 is 0 Å². The average Bonchev–Trinajstić information content (AvgIpc) is 2.59. The summed E-state index contributed by atoms with van der Waals surface area (Å²) in [6, 6.07) is 6.24. The van der Waals surface area contributed by atoms with Crippen molar-refractivity contribution in [2.75, 3.05) is 0 Å². The van der Waals surface area contributed by atoms with Gasteiger partial charge in [-0.15, -0.1) is 11.3 Å². The summed E-state index contributed by atoms with van der Waals surface area (Å²) in [5.74, 6) is -0.399. The Kier molecular flexibility index (Phi) is 2.17. The lowest BCUT2D eigenvalue weighted by molar-refractivity contribution is 0.105. The number of carbonyl (C=O) groups excluding carboxylic acids is 1. The molecule has 0 bridgehead atoms. The Morgan fingerprint density at radius 3 is 2.93 bits per heavy atom. The molecular weight excluding hydrogens is 199 g/mol. The van der Waals surface area contributed by atoms with E-state index in [1.807, 2.05) is 0 Å². The second-order valence-electron chi connectivity index (χ2n) is 2.86. The number of benzene rings is 1. The van der Waals surface area contributed by atoms with Gasteiger partial charge in [0, 0.05) is 4.70 Å². The van der Waals surface area contributed by atoms with Gasteiger partial charge in [0.25, 0.3) is 0 Å². The van der Waals surface area contributed by atoms with Crippen LogP contribution >= 0.6 is 11.3 Å². The van der Waals surface area contributed by atoms with Crippen molar-refractivity contribution in [1.29, 1.82) is 0 Å². The number of allylic oxidation sites excluding steroid dienone is 1. The molecule has 0 fully saturated rings. The van der Waals surface area contributed by atoms with E-state index in [1.165, 1.54) is 29.5 Å². The molecule has 70 valence electrons. The third kappa shape index (κ3) is 1.46. The third-order valence-electron chi connectivity index (χ3n) is 1.91. The van der Waals surface area contributed by atoms with Crippen LogP contribution in [0.3, 0.4) is 0 Å². The third-order valence-corrected chi connectivity index (χ3v) is 3.02. The molecule has 0 aliphatic heterocycles. The van der Waals surface area contributed by atoms with Crippen LogP contribution in [0.2, 0.25) is 0 Å². The van der Waals surface area contributed by atoms with Gasteiger partial charge in [-0.25, -0.2) is 4.39 Å². The van der Waals surface area contributed by atoms with Gasteiger partial charge in [-0.3, -0.25) is 4.79 Å². The molecule has 1 aromatic carbocycles. The summed E-state index contributed by atoms with van der Waals surface area (Å²) in [7, 11) is 0. The van der Waals surface area contributed by atoms with Gasteiger partial charge in [0.1, 0.15) is 5.82 Å². The van der Waals surface area contributed by atoms with Crippen LogP contribution in [0.4, 0.5) is 4.39 Å². The van der Waals surface area contributed by atoms with E-state index in [1.54, 1.807) is 12.1 Å². The second kappa shape index (κ2) is 3.35. The molecule has 14 heavy (non-hydrogen) atoms. The highest BCUT2D eigenvalue weighted by atomic mass is 32.1. The van der Waals surface area contributed by atoms with Crippen LogP contribution in [0.1, 0.15) is 9.67 Å². The van der Waals surface area contributed by atoms with Gasteiger partial charge in [-0.2, -0.15) is 0 Å². The van der Waals surface area contributed by atoms with Crippen molar-refractivity contribution in [2.24, 2.45) is 0 Å². The Balaban J connectivity index is 2.62. The molecule has 1 heterocycles. The Bertz CT molecular complexity index is 513. The van der Waals surface area contributed by atoms with Crippen LogP contribution in [0.25, 0.3) is 10.1 Å². The van der Waals surface area contributed by atoms with Crippen molar-refractivity contribution in [2.45, 2.75) is 0 Å². The highest BCUT2D eigenvalue weighted by Crippen LogP contribution is 2.26. The van der Waals surface area contributed by atoms with Crippen molar-refractivity contribution in [3.8, 4) is 0 Å². The average molecular weight is 206 g/mol. The van der Waals surface area contributed by atoms with Crippen LogP contribution in [-0.4, -0.2) is 5.78 Å². The molecule has 0 spiro atoms. The van der Waals surface area contributed by atoms with E-state index in [-0.39, 0.29) is 11.6 Å². The summed E-state index contributed by atoms with van der Waals surface area (Å²) in [5, 5.41) is 0.890. The Hall–Kier alpha value is -1.48. The molecule has 1 nitrogen and oxygen atoms in total. The summed E-state index contributed by atoms with van der Waals surface area (Å²) in [5.41, 5.74) is 0. The molecule has 1 aromatic heterocycles. The van der Waals surface area contributed by atoms with E-state index in [0.717, 1.165) is 10.1 Å². The fraction of sp³-hybridized carbons (Fsp3) is 0. The molecule has 0 saturated carbocycles. The van der Waals surface area contributed by atoms with E-state index < -0.39 is 0 Å². The number of ketones is 1. The maximum Gasteiger partial charge on any atom is 0.195 e. The molecule has 0 atom stereocenters. The number of halogens is 1. The largest absolute Gasteiger partial charge is 0.288 e. The van der Waals surface area contributed by atoms with E-state index in [4.69, 9.17) is 0 Å². The normalized spacial score (nSPS) is 10.4. The lowest BCUT2D eigenvalue weighted by atomic mass is 10.2. The molecule has 0 unspecified atom stereocenters. The number of carbonyl (C=O) groups is 1. The zero-order chi connectivity index (χ0) is 10.1. The maximum absolute atomic E-state index is 12.8. The minimum absolute atomic E-state index is 0.119. The topological polar surface area (TPSA) is 17.1 Å². The van der Waals surface area contributed by atoms with Gasteiger partial charge in [-0.05, 0) is 29.7 Å². The van der Waals surface area contributed by atoms with Crippen molar-refractivity contribution in [3.63, 3.8) is 0 Å². The van der Waals surface area contributed by atoms with Crippen molar-refractivity contribution in [1.82, 2.24) is 0 Å². The van der Waals surface area contributed by atoms with E-state index in [2.05, 4.69) is 6.58 Å². The summed E-state index contributed by atoms with van der Waals surface area (Å²) < 4.78 is 13.6. The SMILES string of the molecule is C=CC(=O)c1cc2ccc(F)cc2s1. The minimum atomic E-state index is -0.281. The first kappa shape index (κ1) is 9.09. The summed E-state index contributed by atoms with van der Waals surface area (Å²) in [4.78, 5) is 11.9. The van der Waals surface area contributed by atoms with E-state index in [0.29, 0.717) is 4.88 Å². The molecule has 2 aromatic rings. The monoisotopic (exact) mass is 206 g/mol. The number of hydrogen-bond donors (Lipinski definition) is 0. The van der Waals surface area contributed by atoms with E-state index in [9.17, 15) is 9.18 Å². The molecule has 0 amide bonds. The Labute approximate surface area is 84.5 Å². The maximum atomic E-state index is 12.8. The molecule has 2 rings (SSSR count). The van der Waals surface area contributed by atoms with Crippen LogP contribution in [0.15, 0.2) is 36.9 Å². The summed E-state index contributed by atoms with van der Waals surface area (Å²) >= 11 is 1.28. The van der Waals surface area contributed by atoms with Gasteiger partial charge in [0.2, 0.25) is 0 Å². The lowest BCUT2D eigenvalue weighted by Gasteiger charge is -1.86. The van der Waals surface area contributed by atoms with Crippen molar-refractivity contribution >= 4 is 27.2 Å². The summed E-state index contributed by atoms with van der Waals surface area (Å²) in [6.07, 6.45) is 1.26. The number of rotatable bonds is 2. The quantitative estimate of drug-likeness (QED) is 0.543. The minimum Gasteiger partial charge on any atom is -0.288 e. The molecule has 0 aliphatic rings. The van der Waals surface area contributed by atoms with E-state index >= 15 is 0 Å².